The van der Waals surface area contributed by atoms with E-state index in [4.69, 9.17) is 0 Å². The van der Waals surface area contributed by atoms with E-state index in [0.29, 0.717) is 0 Å². The maximum atomic E-state index is 4.68. The SMILES string of the molecule is CC1=CC2c3ccccc3[C@@H](Cc3ccc(C)cc3-c3ccccn3)N2C=C1c1ccccc1. The first-order valence-corrected chi connectivity index (χ1v) is 12.0. The highest BCUT2D eigenvalue weighted by Gasteiger charge is 2.38. The normalized spacial score (nSPS) is 18.7. The summed E-state index contributed by atoms with van der Waals surface area (Å²) in [4.78, 5) is 7.25. The number of fused-ring (bicyclic) bond motifs is 3. The predicted octanol–water partition coefficient (Wildman–Crippen LogP) is 7.70. The quantitative estimate of drug-likeness (QED) is 0.323. The molecule has 0 saturated heterocycles. The van der Waals surface area contributed by atoms with Gasteiger partial charge in [0.25, 0.3) is 0 Å². The largest absolute Gasteiger partial charge is 0.359 e. The van der Waals surface area contributed by atoms with Crippen LogP contribution in [0.2, 0.25) is 0 Å². The third kappa shape index (κ3) is 3.56. The molecule has 2 nitrogen and oxygen atoms in total. The number of nitrogens with zero attached hydrogens (tertiary/aromatic N) is 2. The van der Waals surface area contributed by atoms with Gasteiger partial charge in [0.05, 0.1) is 17.8 Å². The standard InChI is InChI=1S/C32H28N2/c1-22-15-16-25(28(18-22)30-14-8-9-17-33-30)20-32-27-13-7-6-12-26(27)31-19-23(2)29(21-34(31)32)24-10-4-3-5-11-24/h3-19,21,31-32H,20H2,1-2H3/t31?,32-/m1/s1. The minimum atomic E-state index is 0.273. The Labute approximate surface area is 201 Å². The molecule has 3 aromatic carbocycles. The van der Waals surface area contributed by atoms with Gasteiger partial charge in [-0.25, -0.2) is 0 Å². The number of rotatable bonds is 4. The molecule has 2 aliphatic heterocycles. The Hall–Kier alpha value is -3.91. The summed E-state index contributed by atoms with van der Waals surface area (Å²) in [5, 5.41) is 0. The number of benzene rings is 3. The summed E-state index contributed by atoms with van der Waals surface area (Å²) in [7, 11) is 0. The van der Waals surface area contributed by atoms with Gasteiger partial charge < -0.3 is 4.90 Å². The highest BCUT2D eigenvalue weighted by Crippen LogP contribution is 2.49. The van der Waals surface area contributed by atoms with Gasteiger partial charge >= 0.3 is 0 Å². The van der Waals surface area contributed by atoms with E-state index in [9.17, 15) is 0 Å². The molecule has 3 heterocycles. The number of aryl methyl sites for hydroxylation is 1. The number of allylic oxidation sites excluding steroid dienone is 2. The molecule has 0 bridgehead atoms. The van der Waals surface area contributed by atoms with Crippen LogP contribution in [-0.2, 0) is 6.42 Å². The van der Waals surface area contributed by atoms with Gasteiger partial charge in [0.15, 0.2) is 0 Å². The van der Waals surface area contributed by atoms with Crippen molar-refractivity contribution in [3.05, 3.63) is 143 Å². The molecule has 0 N–H and O–H groups in total. The minimum Gasteiger partial charge on any atom is -0.359 e. The molecule has 1 aromatic heterocycles. The number of hydrogen-bond acceptors (Lipinski definition) is 2. The van der Waals surface area contributed by atoms with E-state index in [1.54, 1.807) is 0 Å². The Morgan fingerprint density at radius 1 is 0.794 bits per heavy atom. The highest BCUT2D eigenvalue weighted by atomic mass is 15.2. The third-order valence-corrected chi connectivity index (χ3v) is 7.17. The van der Waals surface area contributed by atoms with Crippen molar-refractivity contribution in [1.29, 1.82) is 0 Å². The van der Waals surface area contributed by atoms with Crippen LogP contribution in [0.3, 0.4) is 0 Å². The summed E-state index contributed by atoms with van der Waals surface area (Å²) >= 11 is 0. The van der Waals surface area contributed by atoms with Gasteiger partial charge in [0.2, 0.25) is 0 Å². The molecule has 2 aliphatic rings. The van der Waals surface area contributed by atoms with E-state index < -0.39 is 0 Å². The van der Waals surface area contributed by atoms with Gasteiger partial charge in [0.1, 0.15) is 0 Å². The monoisotopic (exact) mass is 440 g/mol. The Morgan fingerprint density at radius 3 is 2.35 bits per heavy atom. The molecule has 0 amide bonds. The maximum Gasteiger partial charge on any atom is 0.0737 e. The first-order valence-electron chi connectivity index (χ1n) is 12.0. The average molecular weight is 441 g/mol. The van der Waals surface area contributed by atoms with Crippen LogP contribution in [-0.4, -0.2) is 9.88 Å². The summed E-state index contributed by atoms with van der Waals surface area (Å²) in [6.45, 7) is 4.40. The number of pyridine rings is 1. The molecule has 2 heteroatoms. The van der Waals surface area contributed by atoms with Crippen molar-refractivity contribution in [2.45, 2.75) is 32.4 Å². The van der Waals surface area contributed by atoms with Crippen molar-refractivity contribution < 1.29 is 0 Å². The van der Waals surface area contributed by atoms with Crippen molar-refractivity contribution >= 4 is 5.57 Å². The van der Waals surface area contributed by atoms with Crippen LogP contribution in [0.25, 0.3) is 16.8 Å². The highest BCUT2D eigenvalue weighted by molar-refractivity contribution is 5.80. The lowest BCUT2D eigenvalue weighted by Gasteiger charge is -2.33. The number of aromatic nitrogens is 1. The molecule has 2 atom stereocenters. The summed E-state index contributed by atoms with van der Waals surface area (Å²) in [5.74, 6) is 0. The third-order valence-electron chi connectivity index (χ3n) is 7.17. The van der Waals surface area contributed by atoms with Crippen LogP contribution < -0.4 is 0 Å². The van der Waals surface area contributed by atoms with Crippen LogP contribution in [0, 0.1) is 6.92 Å². The van der Waals surface area contributed by atoms with E-state index in [1.165, 1.54) is 44.5 Å². The van der Waals surface area contributed by atoms with Crippen molar-refractivity contribution in [1.82, 2.24) is 9.88 Å². The molecule has 0 radical (unpaired) electrons. The van der Waals surface area contributed by atoms with Gasteiger partial charge in [-0.1, -0.05) is 84.4 Å². The fourth-order valence-corrected chi connectivity index (χ4v) is 5.49. The van der Waals surface area contributed by atoms with Gasteiger partial charge in [-0.3, -0.25) is 4.98 Å². The molecule has 4 aromatic rings. The Bertz CT molecular complexity index is 1400. The van der Waals surface area contributed by atoms with E-state index in [1.807, 2.05) is 12.3 Å². The van der Waals surface area contributed by atoms with E-state index in [2.05, 4.69) is 121 Å². The molecular weight excluding hydrogens is 412 g/mol. The lowest BCUT2D eigenvalue weighted by molar-refractivity contribution is 0.269. The molecule has 0 spiro atoms. The van der Waals surface area contributed by atoms with Gasteiger partial charge in [-0.2, -0.15) is 0 Å². The van der Waals surface area contributed by atoms with E-state index >= 15 is 0 Å². The first-order chi connectivity index (χ1) is 16.7. The average Bonchev–Trinajstić information content (AvgIpc) is 3.18. The van der Waals surface area contributed by atoms with Crippen LogP contribution in [0.1, 0.15) is 46.8 Å². The molecule has 6 rings (SSSR count). The topological polar surface area (TPSA) is 16.1 Å². The fourth-order valence-electron chi connectivity index (χ4n) is 5.49. The minimum absolute atomic E-state index is 0.273. The second-order valence-electron chi connectivity index (χ2n) is 9.37. The Kier molecular flexibility index (Phi) is 5.15. The molecule has 0 saturated carbocycles. The van der Waals surface area contributed by atoms with Gasteiger partial charge in [-0.15, -0.1) is 0 Å². The molecule has 1 unspecified atom stereocenters. The summed E-state index contributed by atoms with van der Waals surface area (Å²) in [6, 6.07) is 33.2. The van der Waals surface area contributed by atoms with E-state index in [0.717, 1.165) is 12.1 Å². The van der Waals surface area contributed by atoms with Crippen LogP contribution in [0.5, 0.6) is 0 Å². The van der Waals surface area contributed by atoms with E-state index in [-0.39, 0.29) is 12.1 Å². The first kappa shape index (κ1) is 20.7. The van der Waals surface area contributed by atoms with Crippen molar-refractivity contribution in [2.75, 3.05) is 0 Å². The molecular formula is C32H28N2. The predicted molar refractivity (Wildman–Crippen MR) is 140 cm³/mol. The fraction of sp³-hybridized carbons (Fsp3) is 0.156. The summed E-state index contributed by atoms with van der Waals surface area (Å²) in [5.41, 5.74) is 11.6. The van der Waals surface area contributed by atoms with Crippen LogP contribution >= 0.6 is 0 Å². The van der Waals surface area contributed by atoms with Crippen molar-refractivity contribution in [2.24, 2.45) is 0 Å². The smallest absolute Gasteiger partial charge is 0.0737 e. The second-order valence-corrected chi connectivity index (χ2v) is 9.37. The van der Waals surface area contributed by atoms with Crippen LogP contribution in [0.4, 0.5) is 0 Å². The Morgan fingerprint density at radius 2 is 1.56 bits per heavy atom. The zero-order chi connectivity index (χ0) is 23.1. The zero-order valence-electron chi connectivity index (χ0n) is 19.6. The van der Waals surface area contributed by atoms with Gasteiger partial charge in [-0.05, 0) is 66.3 Å². The molecule has 0 fully saturated rings. The zero-order valence-corrected chi connectivity index (χ0v) is 19.6. The van der Waals surface area contributed by atoms with Crippen molar-refractivity contribution in [3.63, 3.8) is 0 Å². The van der Waals surface area contributed by atoms with Crippen LogP contribution in [0.15, 0.2) is 115 Å². The maximum absolute atomic E-state index is 4.68. The number of hydrogen-bond donors (Lipinski definition) is 0. The lowest BCUT2D eigenvalue weighted by atomic mass is 9.92. The Balaban J connectivity index is 1.45. The second kappa shape index (κ2) is 8.46. The van der Waals surface area contributed by atoms with Gasteiger partial charge in [0, 0.05) is 23.5 Å². The lowest BCUT2D eigenvalue weighted by Crippen LogP contribution is -2.24. The summed E-state index contributed by atoms with van der Waals surface area (Å²) in [6.07, 6.45) is 7.66. The summed E-state index contributed by atoms with van der Waals surface area (Å²) < 4.78 is 0. The molecule has 166 valence electrons. The van der Waals surface area contributed by atoms with Crippen molar-refractivity contribution in [3.8, 4) is 11.3 Å². The molecule has 34 heavy (non-hydrogen) atoms. The molecule has 0 aliphatic carbocycles.